The number of benzene rings is 1. The summed E-state index contributed by atoms with van der Waals surface area (Å²) in [7, 11) is 3.98. The molecule has 5 nitrogen and oxygen atoms in total. The lowest BCUT2D eigenvalue weighted by molar-refractivity contribution is 0.142. The van der Waals surface area contributed by atoms with E-state index >= 15 is 0 Å². The average molecular weight is 399 g/mol. The number of hydrogen-bond donors (Lipinski definition) is 0. The monoisotopic (exact) mass is 398 g/mol. The smallest absolute Gasteiger partial charge is 0.118 e. The van der Waals surface area contributed by atoms with Crippen LogP contribution in [0, 0.1) is 19.8 Å². The van der Waals surface area contributed by atoms with Gasteiger partial charge in [0.05, 0.1) is 12.8 Å². The molecule has 0 radical (unpaired) electrons. The van der Waals surface area contributed by atoms with Gasteiger partial charge in [0.15, 0.2) is 0 Å². The van der Waals surface area contributed by atoms with E-state index in [0.29, 0.717) is 0 Å². The Kier molecular flexibility index (Phi) is 7.73. The minimum Gasteiger partial charge on any atom is -0.497 e. The standard InChI is InChI=1S/C24H38N4O/c1-6-28-20(3)24(19(2)25-28)18-26(4)16-22-8-7-14-27(17-22)15-13-21-9-11-23(29-5)12-10-21/h9-12,22H,6-8,13-18H2,1-5H3/t22-/m0/s1. The minimum atomic E-state index is 0.756. The van der Waals surface area contributed by atoms with E-state index in [2.05, 4.69) is 71.7 Å². The van der Waals surface area contributed by atoms with Gasteiger partial charge in [-0.3, -0.25) is 4.68 Å². The summed E-state index contributed by atoms with van der Waals surface area (Å²) < 4.78 is 7.38. The summed E-state index contributed by atoms with van der Waals surface area (Å²) in [6, 6.07) is 8.51. The van der Waals surface area contributed by atoms with Gasteiger partial charge in [-0.1, -0.05) is 12.1 Å². The number of nitrogens with zero attached hydrogens (tertiary/aromatic N) is 4. The molecule has 0 N–H and O–H groups in total. The van der Waals surface area contributed by atoms with Crippen LogP contribution >= 0.6 is 0 Å². The van der Waals surface area contributed by atoms with Crippen LogP contribution in [-0.2, 0) is 19.5 Å². The fourth-order valence-electron chi connectivity index (χ4n) is 4.63. The maximum atomic E-state index is 5.26. The Bertz CT molecular complexity index is 768. The second-order valence-electron chi connectivity index (χ2n) is 8.57. The quantitative estimate of drug-likeness (QED) is 0.641. The van der Waals surface area contributed by atoms with Crippen LogP contribution in [0.1, 0.15) is 42.3 Å². The van der Waals surface area contributed by atoms with E-state index < -0.39 is 0 Å². The Morgan fingerprint density at radius 3 is 2.62 bits per heavy atom. The van der Waals surface area contributed by atoms with Crippen molar-refractivity contribution in [1.82, 2.24) is 19.6 Å². The number of rotatable bonds is 9. The van der Waals surface area contributed by atoms with Crippen LogP contribution in [0.5, 0.6) is 5.75 Å². The molecule has 2 heterocycles. The average Bonchev–Trinajstić information content (AvgIpc) is 3.00. The zero-order valence-corrected chi connectivity index (χ0v) is 18.9. The highest BCUT2D eigenvalue weighted by Gasteiger charge is 2.22. The summed E-state index contributed by atoms with van der Waals surface area (Å²) in [6.45, 7) is 13.2. The third-order valence-corrected chi connectivity index (χ3v) is 6.31. The number of aromatic nitrogens is 2. The number of piperidine rings is 1. The predicted octanol–water partition coefficient (Wildman–Crippen LogP) is 3.91. The van der Waals surface area contributed by atoms with Crippen LogP contribution in [0.2, 0.25) is 0 Å². The number of hydrogen-bond acceptors (Lipinski definition) is 4. The fourth-order valence-corrected chi connectivity index (χ4v) is 4.63. The van der Waals surface area contributed by atoms with Gasteiger partial charge >= 0.3 is 0 Å². The lowest BCUT2D eigenvalue weighted by atomic mass is 9.96. The van der Waals surface area contributed by atoms with E-state index in [1.165, 1.54) is 48.4 Å². The van der Waals surface area contributed by atoms with Crippen molar-refractivity contribution in [1.29, 1.82) is 0 Å². The predicted molar refractivity (Wildman–Crippen MR) is 120 cm³/mol. The van der Waals surface area contributed by atoms with Crippen molar-refractivity contribution in [3.63, 3.8) is 0 Å². The van der Waals surface area contributed by atoms with Crippen LogP contribution in [0.25, 0.3) is 0 Å². The molecule has 0 bridgehead atoms. The van der Waals surface area contributed by atoms with Gasteiger partial charge in [-0.25, -0.2) is 0 Å². The van der Waals surface area contributed by atoms with Gasteiger partial charge in [-0.05, 0) is 77.2 Å². The molecule has 1 saturated heterocycles. The SMILES string of the molecule is CCn1nc(C)c(CN(C)C[C@@H]2CCCN(CCc3ccc(OC)cc3)C2)c1C. The summed E-state index contributed by atoms with van der Waals surface area (Å²) in [5.41, 5.74) is 5.30. The number of aryl methyl sites for hydroxylation is 2. The van der Waals surface area contributed by atoms with Gasteiger partial charge in [0.1, 0.15) is 5.75 Å². The first-order valence-electron chi connectivity index (χ1n) is 11.1. The van der Waals surface area contributed by atoms with Gasteiger partial charge < -0.3 is 14.5 Å². The van der Waals surface area contributed by atoms with Crippen LogP contribution in [0.4, 0.5) is 0 Å². The molecule has 1 aliphatic rings. The summed E-state index contributed by atoms with van der Waals surface area (Å²) >= 11 is 0. The molecule has 160 valence electrons. The Hall–Kier alpha value is -1.85. The molecule has 1 atom stereocenters. The van der Waals surface area contributed by atoms with E-state index in [9.17, 15) is 0 Å². The second kappa shape index (κ2) is 10.3. The summed E-state index contributed by atoms with van der Waals surface area (Å²) in [6.07, 6.45) is 3.77. The van der Waals surface area contributed by atoms with Crippen LogP contribution in [-0.4, -0.2) is 59.9 Å². The normalized spacial score (nSPS) is 17.8. The molecule has 0 amide bonds. The molecular weight excluding hydrogens is 360 g/mol. The lowest BCUT2D eigenvalue weighted by Gasteiger charge is -2.34. The highest BCUT2D eigenvalue weighted by Crippen LogP contribution is 2.21. The Labute approximate surface area is 176 Å². The molecule has 29 heavy (non-hydrogen) atoms. The third kappa shape index (κ3) is 5.83. The first kappa shape index (κ1) is 21.8. The molecule has 2 aromatic rings. The van der Waals surface area contributed by atoms with E-state index in [1.54, 1.807) is 7.11 Å². The summed E-state index contributed by atoms with van der Waals surface area (Å²) in [5.74, 6) is 1.69. The lowest BCUT2D eigenvalue weighted by Crippen LogP contribution is -2.40. The molecule has 1 aromatic carbocycles. The van der Waals surface area contributed by atoms with Gasteiger partial charge in [-0.2, -0.15) is 5.10 Å². The maximum Gasteiger partial charge on any atom is 0.118 e. The van der Waals surface area contributed by atoms with Crippen molar-refractivity contribution >= 4 is 0 Å². The fraction of sp³-hybridized carbons (Fsp3) is 0.625. The van der Waals surface area contributed by atoms with E-state index in [0.717, 1.165) is 44.3 Å². The van der Waals surface area contributed by atoms with Crippen molar-refractivity contribution < 1.29 is 4.74 Å². The zero-order chi connectivity index (χ0) is 20.8. The van der Waals surface area contributed by atoms with E-state index in [4.69, 9.17) is 4.74 Å². The van der Waals surface area contributed by atoms with Gasteiger partial charge in [0, 0.05) is 44.0 Å². The Balaban J connectivity index is 1.48. The summed E-state index contributed by atoms with van der Waals surface area (Å²) in [5, 5.41) is 4.68. The first-order valence-corrected chi connectivity index (χ1v) is 11.1. The Morgan fingerprint density at radius 2 is 1.97 bits per heavy atom. The summed E-state index contributed by atoms with van der Waals surface area (Å²) in [4.78, 5) is 5.15. The van der Waals surface area contributed by atoms with Gasteiger partial charge in [0.2, 0.25) is 0 Å². The molecule has 3 rings (SSSR count). The maximum absolute atomic E-state index is 5.26. The molecule has 0 saturated carbocycles. The number of ether oxygens (including phenoxy) is 1. The second-order valence-corrected chi connectivity index (χ2v) is 8.57. The van der Waals surface area contributed by atoms with Crippen molar-refractivity contribution in [2.75, 3.05) is 40.3 Å². The van der Waals surface area contributed by atoms with Crippen LogP contribution in [0.15, 0.2) is 24.3 Å². The molecule has 1 fully saturated rings. The molecule has 5 heteroatoms. The van der Waals surface area contributed by atoms with Crippen molar-refractivity contribution in [2.24, 2.45) is 5.92 Å². The largest absolute Gasteiger partial charge is 0.497 e. The van der Waals surface area contributed by atoms with E-state index in [1.807, 2.05) is 0 Å². The first-order chi connectivity index (χ1) is 14.0. The third-order valence-electron chi connectivity index (χ3n) is 6.31. The topological polar surface area (TPSA) is 33.5 Å². The van der Waals surface area contributed by atoms with Crippen molar-refractivity contribution in [3.8, 4) is 5.75 Å². The minimum absolute atomic E-state index is 0.756. The molecular formula is C24H38N4O. The molecule has 1 aliphatic heterocycles. The van der Waals surface area contributed by atoms with Gasteiger partial charge in [-0.15, -0.1) is 0 Å². The molecule has 1 aromatic heterocycles. The van der Waals surface area contributed by atoms with Crippen molar-refractivity contribution in [2.45, 2.75) is 53.1 Å². The van der Waals surface area contributed by atoms with Crippen LogP contribution < -0.4 is 4.74 Å². The highest BCUT2D eigenvalue weighted by atomic mass is 16.5. The molecule has 0 aliphatic carbocycles. The zero-order valence-electron chi connectivity index (χ0n) is 18.9. The number of likely N-dealkylation sites (tertiary alicyclic amines) is 1. The van der Waals surface area contributed by atoms with Crippen molar-refractivity contribution in [3.05, 3.63) is 46.8 Å². The number of methoxy groups -OCH3 is 1. The Morgan fingerprint density at radius 1 is 1.21 bits per heavy atom. The molecule has 0 unspecified atom stereocenters. The highest BCUT2D eigenvalue weighted by molar-refractivity contribution is 5.27. The van der Waals surface area contributed by atoms with Gasteiger partial charge in [0.25, 0.3) is 0 Å². The van der Waals surface area contributed by atoms with Crippen LogP contribution in [0.3, 0.4) is 0 Å². The van der Waals surface area contributed by atoms with E-state index in [-0.39, 0.29) is 0 Å². The molecule has 0 spiro atoms.